The molecule has 1 aliphatic heterocycles. The van der Waals surface area contributed by atoms with E-state index in [1.54, 1.807) is 29.2 Å². The second-order valence-electron chi connectivity index (χ2n) is 6.79. The van der Waals surface area contributed by atoms with Crippen LogP contribution in [0.25, 0.3) is 11.3 Å². The zero-order chi connectivity index (χ0) is 17.9. The van der Waals surface area contributed by atoms with E-state index in [9.17, 15) is 4.79 Å². The first-order valence-corrected chi connectivity index (χ1v) is 8.80. The van der Waals surface area contributed by atoms with Gasteiger partial charge in [-0.1, -0.05) is 5.16 Å². The summed E-state index contributed by atoms with van der Waals surface area (Å²) in [6.45, 7) is 5.46. The Morgan fingerprint density at radius 2 is 2.15 bits per heavy atom. The van der Waals surface area contributed by atoms with E-state index in [1.165, 1.54) is 0 Å². The highest BCUT2D eigenvalue weighted by Gasteiger charge is 2.27. The number of pyridine rings is 1. The van der Waals surface area contributed by atoms with E-state index in [-0.39, 0.29) is 5.56 Å². The molecule has 1 aliphatic rings. The Kier molecular flexibility index (Phi) is 4.62. The molecule has 0 bridgehead atoms. The summed E-state index contributed by atoms with van der Waals surface area (Å²) in [5.74, 6) is 1.37. The Hall–Kier alpha value is -2.80. The van der Waals surface area contributed by atoms with Crippen molar-refractivity contribution >= 4 is 0 Å². The molecule has 3 aromatic heterocycles. The highest BCUT2D eigenvalue weighted by molar-refractivity contribution is 5.56. The maximum absolute atomic E-state index is 12.1. The van der Waals surface area contributed by atoms with Gasteiger partial charge < -0.3 is 9.42 Å². The van der Waals surface area contributed by atoms with Crippen LogP contribution in [-0.4, -0.2) is 44.5 Å². The molecule has 0 amide bonds. The van der Waals surface area contributed by atoms with Crippen LogP contribution in [0.2, 0.25) is 0 Å². The van der Waals surface area contributed by atoms with E-state index < -0.39 is 0 Å². The van der Waals surface area contributed by atoms with Crippen LogP contribution in [0.1, 0.15) is 11.5 Å². The summed E-state index contributed by atoms with van der Waals surface area (Å²) in [6, 6.07) is 9.12. The number of rotatable bonds is 6. The SMILES string of the molecule is Cc1cc(CCN2CC(Cn3nc(-c4cccnc4)ccc3=O)C2)on1. The third kappa shape index (κ3) is 3.72. The van der Waals surface area contributed by atoms with Gasteiger partial charge >= 0.3 is 0 Å². The molecule has 1 fully saturated rings. The molecular weight excluding hydrogens is 330 g/mol. The lowest BCUT2D eigenvalue weighted by molar-refractivity contribution is 0.0836. The summed E-state index contributed by atoms with van der Waals surface area (Å²) in [6.07, 6.45) is 4.35. The summed E-state index contributed by atoms with van der Waals surface area (Å²) in [5.41, 5.74) is 2.54. The summed E-state index contributed by atoms with van der Waals surface area (Å²) in [5, 5.41) is 8.42. The second-order valence-corrected chi connectivity index (χ2v) is 6.79. The fourth-order valence-electron chi connectivity index (χ4n) is 3.27. The van der Waals surface area contributed by atoms with Gasteiger partial charge in [0.15, 0.2) is 0 Å². The van der Waals surface area contributed by atoms with Gasteiger partial charge in [-0.3, -0.25) is 9.78 Å². The fraction of sp³-hybridized carbons (Fsp3) is 0.368. The highest BCUT2D eigenvalue weighted by atomic mass is 16.5. The van der Waals surface area contributed by atoms with Crippen LogP contribution in [-0.2, 0) is 13.0 Å². The summed E-state index contributed by atoms with van der Waals surface area (Å²) < 4.78 is 6.81. The number of likely N-dealkylation sites (tertiary alicyclic amines) is 1. The van der Waals surface area contributed by atoms with Gasteiger partial charge in [0.25, 0.3) is 5.56 Å². The lowest BCUT2D eigenvalue weighted by Gasteiger charge is -2.39. The van der Waals surface area contributed by atoms with Crippen LogP contribution in [0.4, 0.5) is 0 Å². The number of hydrogen-bond donors (Lipinski definition) is 0. The van der Waals surface area contributed by atoms with Gasteiger partial charge in [-0.2, -0.15) is 5.10 Å². The van der Waals surface area contributed by atoms with Crippen molar-refractivity contribution in [2.24, 2.45) is 5.92 Å². The zero-order valence-electron chi connectivity index (χ0n) is 14.7. The van der Waals surface area contributed by atoms with Gasteiger partial charge in [0.1, 0.15) is 5.76 Å². The first-order chi connectivity index (χ1) is 12.7. The Morgan fingerprint density at radius 1 is 1.27 bits per heavy atom. The predicted octanol–water partition coefficient (Wildman–Crippen LogP) is 1.78. The molecule has 0 unspecified atom stereocenters. The average molecular weight is 351 g/mol. The smallest absolute Gasteiger partial charge is 0.266 e. The molecule has 0 spiro atoms. The van der Waals surface area contributed by atoms with Gasteiger partial charge in [0.2, 0.25) is 0 Å². The van der Waals surface area contributed by atoms with Crippen molar-refractivity contribution in [3.05, 3.63) is 64.5 Å². The lowest BCUT2D eigenvalue weighted by atomic mass is 10.00. The predicted molar refractivity (Wildman–Crippen MR) is 96.6 cm³/mol. The Labute approximate surface area is 151 Å². The fourth-order valence-corrected chi connectivity index (χ4v) is 3.27. The maximum atomic E-state index is 12.1. The molecule has 0 radical (unpaired) electrons. The number of aromatic nitrogens is 4. The van der Waals surface area contributed by atoms with Crippen molar-refractivity contribution in [3.63, 3.8) is 0 Å². The molecule has 134 valence electrons. The maximum Gasteiger partial charge on any atom is 0.266 e. The molecule has 3 aromatic rings. The molecule has 0 aliphatic carbocycles. The van der Waals surface area contributed by atoms with E-state index in [1.807, 2.05) is 25.1 Å². The number of aryl methyl sites for hydroxylation is 1. The normalized spacial score (nSPS) is 15.1. The molecule has 1 saturated heterocycles. The molecule has 0 N–H and O–H groups in total. The van der Waals surface area contributed by atoms with Crippen LogP contribution in [0.5, 0.6) is 0 Å². The minimum absolute atomic E-state index is 0.0618. The summed E-state index contributed by atoms with van der Waals surface area (Å²) >= 11 is 0. The van der Waals surface area contributed by atoms with Gasteiger partial charge in [-0.15, -0.1) is 0 Å². The lowest BCUT2D eigenvalue weighted by Crippen LogP contribution is -2.50. The minimum Gasteiger partial charge on any atom is -0.361 e. The van der Waals surface area contributed by atoms with Crippen molar-refractivity contribution in [2.75, 3.05) is 19.6 Å². The van der Waals surface area contributed by atoms with Gasteiger partial charge in [0, 0.05) is 62.1 Å². The highest BCUT2D eigenvalue weighted by Crippen LogP contribution is 2.18. The average Bonchev–Trinajstić information content (AvgIpc) is 3.04. The van der Waals surface area contributed by atoms with Crippen molar-refractivity contribution in [2.45, 2.75) is 19.9 Å². The van der Waals surface area contributed by atoms with Crippen LogP contribution >= 0.6 is 0 Å². The minimum atomic E-state index is -0.0618. The Balaban J connectivity index is 1.33. The van der Waals surface area contributed by atoms with E-state index in [4.69, 9.17) is 4.52 Å². The van der Waals surface area contributed by atoms with Crippen LogP contribution in [0.15, 0.2) is 52.0 Å². The van der Waals surface area contributed by atoms with Gasteiger partial charge in [0.05, 0.1) is 17.9 Å². The van der Waals surface area contributed by atoms with Crippen molar-refractivity contribution in [3.8, 4) is 11.3 Å². The number of hydrogen-bond acceptors (Lipinski definition) is 6. The molecular formula is C19H21N5O2. The third-order valence-corrected chi connectivity index (χ3v) is 4.64. The van der Waals surface area contributed by atoms with Crippen LogP contribution in [0, 0.1) is 12.8 Å². The largest absolute Gasteiger partial charge is 0.361 e. The Morgan fingerprint density at radius 3 is 2.88 bits per heavy atom. The van der Waals surface area contributed by atoms with E-state index in [0.717, 1.165) is 48.8 Å². The molecule has 4 heterocycles. The van der Waals surface area contributed by atoms with Crippen LogP contribution < -0.4 is 5.56 Å². The third-order valence-electron chi connectivity index (χ3n) is 4.64. The quantitative estimate of drug-likeness (QED) is 0.674. The second kappa shape index (κ2) is 7.21. The van der Waals surface area contributed by atoms with E-state index >= 15 is 0 Å². The molecule has 0 aromatic carbocycles. The van der Waals surface area contributed by atoms with Crippen LogP contribution in [0.3, 0.4) is 0 Å². The molecule has 0 saturated carbocycles. The van der Waals surface area contributed by atoms with E-state index in [0.29, 0.717) is 12.5 Å². The van der Waals surface area contributed by atoms with Crippen molar-refractivity contribution in [1.29, 1.82) is 0 Å². The molecule has 7 nitrogen and oxygen atoms in total. The zero-order valence-corrected chi connectivity index (χ0v) is 14.7. The summed E-state index contributed by atoms with van der Waals surface area (Å²) in [4.78, 5) is 18.6. The van der Waals surface area contributed by atoms with Gasteiger partial charge in [-0.25, -0.2) is 4.68 Å². The topological polar surface area (TPSA) is 77.0 Å². The van der Waals surface area contributed by atoms with Crippen molar-refractivity contribution < 1.29 is 4.52 Å². The van der Waals surface area contributed by atoms with Gasteiger partial charge in [-0.05, 0) is 25.1 Å². The first kappa shape index (κ1) is 16.7. The standard InChI is InChI=1S/C19H21N5O2/c1-14-9-17(26-22-14)6-8-23-11-15(12-23)13-24-19(25)5-4-18(21-24)16-3-2-7-20-10-16/h2-5,7,9-10,15H,6,8,11-13H2,1H3. The number of nitrogens with zero attached hydrogens (tertiary/aromatic N) is 5. The molecule has 4 rings (SSSR count). The Bertz CT molecular complexity index is 928. The molecule has 26 heavy (non-hydrogen) atoms. The van der Waals surface area contributed by atoms with Crippen molar-refractivity contribution in [1.82, 2.24) is 24.8 Å². The first-order valence-electron chi connectivity index (χ1n) is 8.80. The molecule has 7 heteroatoms. The molecule has 0 atom stereocenters. The monoisotopic (exact) mass is 351 g/mol. The van der Waals surface area contributed by atoms with E-state index in [2.05, 4.69) is 20.1 Å². The summed E-state index contributed by atoms with van der Waals surface area (Å²) in [7, 11) is 0.